The van der Waals surface area contributed by atoms with Crippen molar-refractivity contribution in [1.29, 1.82) is 0 Å². The van der Waals surface area contributed by atoms with Crippen molar-refractivity contribution in [3.63, 3.8) is 0 Å². The third kappa shape index (κ3) is 3.54. The third-order valence-electron chi connectivity index (χ3n) is 5.45. The highest BCUT2D eigenvalue weighted by molar-refractivity contribution is 5.96. The Hall–Kier alpha value is -3.61. The molecule has 0 amide bonds. The molecule has 0 radical (unpaired) electrons. The normalized spacial score (nSPS) is 21.2. The summed E-state index contributed by atoms with van der Waals surface area (Å²) in [6, 6.07) is 10.7. The molecule has 0 aromatic heterocycles. The summed E-state index contributed by atoms with van der Waals surface area (Å²) in [4.78, 5) is 36.5. The summed E-state index contributed by atoms with van der Waals surface area (Å²) in [5.41, 5.74) is 2.05. The molecule has 1 aliphatic heterocycles. The molecule has 1 aliphatic carbocycles. The van der Waals surface area contributed by atoms with Crippen LogP contribution in [-0.2, 0) is 9.53 Å². The maximum absolute atomic E-state index is 12.8. The van der Waals surface area contributed by atoms with Gasteiger partial charge in [0, 0.05) is 17.5 Å². The maximum atomic E-state index is 12.8. The summed E-state index contributed by atoms with van der Waals surface area (Å²) in [6.07, 6.45) is 4.63. The van der Waals surface area contributed by atoms with Gasteiger partial charge in [0.1, 0.15) is 17.4 Å². The molecule has 154 valence electrons. The van der Waals surface area contributed by atoms with Crippen molar-refractivity contribution in [3.8, 4) is 5.75 Å². The van der Waals surface area contributed by atoms with Crippen molar-refractivity contribution in [2.75, 3.05) is 11.9 Å². The van der Waals surface area contributed by atoms with E-state index < -0.39 is 23.9 Å². The molecule has 1 heterocycles. The third-order valence-corrected chi connectivity index (χ3v) is 5.45. The highest BCUT2D eigenvalue weighted by Gasteiger charge is 2.41. The molecule has 7 heteroatoms. The lowest BCUT2D eigenvalue weighted by molar-refractivity contribution is -0.139. The van der Waals surface area contributed by atoms with Crippen LogP contribution in [0.2, 0.25) is 0 Å². The molecular weight excluding hydrogens is 386 g/mol. The van der Waals surface area contributed by atoms with Gasteiger partial charge in [-0.1, -0.05) is 24.3 Å². The van der Waals surface area contributed by atoms with Crippen LogP contribution in [0.3, 0.4) is 0 Å². The van der Waals surface area contributed by atoms with Crippen LogP contribution in [0, 0.1) is 5.92 Å². The maximum Gasteiger partial charge on any atom is 0.343 e. The van der Waals surface area contributed by atoms with Gasteiger partial charge in [0.05, 0.1) is 12.2 Å². The number of para-hydroxylation sites is 1. The van der Waals surface area contributed by atoms with E-state index >= 15 is 0 Å². The molecule has 7 nitrogen and oxygen atoms in total. The number of hydrogen-bond acceptors (Lipinski definition) is 6. The monoisotopic (exact) mass is 407 g/mol. The molecule has 0 saturated heterocycles. The number of anilines is 1. The van der Waals surface area contributed by atoms with Crippen LogP contribution in [0.15, 0.2) is 54.6 Å². The number of carboxylic acids is 1. The number of nitrogens with one attached hydrogen (secondary N) is 1. The first-order valence-corrected chi connectivity index (χ1v) is 9.78. The second-order valence-electron chi connectivity index (χ2n) is 7.22. The van der Waals surface area contributed by atoms with E-state index in [1.54, 1.807) is 37.3 Å². The van der Waals surface area contributed by atoms with E-state index in [0.29, 0.717) is 17.7 Å². The number of benzene rings is 2. The standard InChI is InChI=1S/C23H21NO6/c1-2-29-23(28)16-6-3-4-9-19(16)30-22(27)13-10-11-18-17(12-13)14-7-5-8-15(14)20(24-18)21(25)26/h3-7,9-12,14-15,20,24H,2,8H2,1H3,(H,25,26)/t14-,15+,20+/m0/s1. The van der Waals surface area contributed by atoms with Crippen molar-refractivity contribution in [2.24, 2.45) is 5.92 Å². The van der Waals surface area contributed by atoms with Crippen molar-refractivity contribution in [1.82, 2.24) is 0 Å². The fourth-order valence-corrected chi connectivity index (χ4v) is 4.06. The van der Waals surface area contributed by atoms with Gasteiger partial charge in [-0.05, 0) is 49.2 Å². The average molecular weight is 407 g/mol. The number of allylic oxidation sites excluding steroid dienone is 2. The van der Waals surface area contributed by atoms with Gasteiger partial charge >= 0.3 is 17.9 Å². The second kappa shape index (κ2) is 8.02. The molecule has 0 unspecified atom stereocenters. The number of rotatable bonds is 5. The summed E-state index contributed by atoms with van der Waals surface area (Å²) in [6.45, 7) is 1.92. The Balaban J connectivity index is 1.61. The Kier molecular flexibility index (Phi) is 5.27. The highest BCUT2D eigenvalue weighted by Crippen LogP contribution is 2.44. The van der Waals surface area contributed by atoms with E-state index in [9.17, 15) is 19.5 Å². The van der Waals surface area contributed by atoms with Crippen LogP contribution >= 0.6 is 0 Å². The number of aliphatic carboxylic acids is 1. The van der Waals surface area contributed by atoms with Gasteiger partial charge in [0.15, 0.2) is 0 Å². The number of hydrogen-bond donors (Lipinski definition) is 2. The van der Waals surface area contributed by atoms with E-state index in [1.807, 2.05) is 12.2 Å². The van der Waals surface area contributed by atoms with E-state index in [2.05, 4.69) is 5.32 Å². The Morgan fingerprint density at radius 1 is 1.13 bits per heavy atom. The van der Waals surface area contributed by atoms with Crippen molar-refractivity contribution >= 4 is 23.6 Å². The molecular formula is C23H21NO6. The lowest BCUT2D eigenvalue weighted by atomic mass is 9.79. The molecule has 0 bridgehead atoms. The summed E-state index contributed by atoms with van der Waals surface area (Å²) in [5, 5.41) is 12.6. The minimum atomic E-state index is -0.890. The average Bonchev–Trinajstić information content (AvgIpc) is 3.23. The number of carbonyl (C=O) groups excluding carboxylic acids is 2. The molecule has 3 atom stereocenters. The number of carbonyl (C=O) groups is 3. The van der Waals surface area contributed by atoms with Crippen LogP contribution < -0.4 is 10.1 Å². The summed E-state index contributed by atoms with van der Waals surface area (Å²) >= 11 is 0. The molecule has 2 N–H and O–H groups in total. The Morgan fingerprint density at radius 3 is 2.70 bits per heavy atom. The fourth-order valence-electron chi connectivity index (χ4n) is 4.06. The first kappa shape index (κ1) is 19.7. The predicted molar refractivity (Wildman–Crippen MR) is 109 cm³/mol. The molecule has 2 aromatic rings. The highest BCUT2D eigenvalue weighted by atomic mass is 16.5. The largest absolute Gasteiger partial charge is 0.480 e. The lowest BCUT2D eigenvalue weighted by Gasteiger charge is -2.34. The van der Waals surface area contributed by atoms with Crippen LogP contribution in [0.5, 0.6) is 5.75 Å². The molecule has 2 aliphatic rings. The van der Waals surface area contributed by atoms with E-state index in [-0.39, 0.29) is 29.8 Å². The van der Waals surface area contributed by atoms with Crippen LogP contribution in [-0.4, -0.2) is 35.7 Å². The second-order valence-corrected chi connectivity index (χ2v) is 7.22. The number of fused-ring (bicyclic) bond motifs is 3. The molecule has 0 spiro atoms. The molecule has 0 saturated carbocycles. The van der Waals surface area contributed by atoms with Gasteiger partial charge in [-0.3, -0.25) is 0 Å². The predicted octanol–water partition coefficient (Wildman–Crippen LogP) is 3.62. The van der Waals surface area contributed by atoms with Gasteiger partial charge in [-0.15, -0.1) is 0 Å². The Labute approximate surface area is 173 Å². The van der Waals surface area contributed by atoms with Crippen molar-refractivity contribution < 1.29 is 29.0 Å². The minimum Gasteiger partial charge on any atom is -0.480 e. The number of esters is 2. The zero-order chi connectivity index (χ0) is 21.3. The van der Waals surface area contributed by atoms with Gasteiger partial charge < -0.3 is 19.9 Å². The summed E-state index contributed by atoms with van der Waals surface area (Å²) in [7, 11) is 0. The Morgan fingerprint density at radius 2 is 1.93 bits per heavy atom. The summed E-state index contributed by atoms with van der Waals surface area (Å²) in [5.74, 6) is -2.12. The molecule has 30 heavy (non-hydrogen) atoms. The topological polar surface area (TPSA) is 102 Å². The van der Waals surface area contributed by atoms with Gasteiger partial charge in [-0.25, -0.2) is 14.4 Å². The quantitative estimate of drug-likeness (QED) is 0.443. The first-order chi connectivity index (χ1) is 14.5. The molecule has 2 aromatic carbocycles. The SMILES string of the molecule is CCOC(=O)c1ccccc1OC(=O)c1ccc2c(c1)[C@H]1C=CC[C@H]1[C@H](C(=O)O)N2. The number of ether oxygens (including phenoxy) is 2. The zero-order valence-electron chi connectivity index (χ0n) is 16.3. The molecule has 0 fully saturated rings. The van der Waals surface area contributed by atoms with Crippen LogP contribution in [0.4, 0.5) is 5.69 Å². The van der Waals surface area contributed by atoms with E-state index in [4.69, 9.17) is 9.47 Å². The Bertz CT molecular complexity index is 1040. The van der Waals surface area contributed by atoms with Crippen LogP contribution in [0.25, 0.3) is 0 Å². The smallest absolute Gasteiger partial charge is 0.343 e. The van der Waals surface area contributed by atoms with E-state index in [1.165, 1.54) is 12.1 Å². The fraction of sp³-hybridized carbons (Fsp3) is 0.261. The van der Waals surface area contributed by atoms with Gasteiger partial charge in [0.2, 0.25) is 0 Å². The zero-order valence-corrected chi connectivity index (χ0v) is 16.3. The van der Waals surface area contributed by atoms with E-state index in [0.717, 1.165) is 5.56 Å². The summed E-state index contributed by atoms with van der Waals surface area (Å²) < 4.78 is 10.5. The van der Waals surface area contributed by atoms with Crippen LogP contribution in [0.1, 0.15) is 45.5 Å². The number of carboxylic acid groups (broad SMARTS) is 1. The van der Waals surface area contributed by atoms with Crippen molar-refractivity contribution in [2.45, 2.75) is 25.3 Å². The van der Waals surface area contributed by atoms with Gasteiger partial charge in [0.25, 0.3) is 0 Å². The van der Waals surface area contributed by atoms with Crippen molar-refractivity contribution in [3.05, 3.63) is 71.3 Å². The minimum absolute atomic E-state index is 0.0816. The molecule has 4 rings (SSSR count). The van der Waals surface area contributed by atoms with Gasteiger partial charge in [-0.2, -0.15) is 0 Å². The lowest BCUT2D eigenvalue weighted by Crippen LogP contribution is -2.41. The first-order valence-electron chi connectivity index (χ1n) is 9.78.